The molecular weight excluding hydrogens is 252 g/mol. The second-order valence-electron chi connectivity index (χ2n) is 5.11. The highest BCUT2D eigenvalue weighted by molar-refractivity contribution is 5.86. The van der Waals surface area contributed by atoms with Gasteiger partial charge in [0.05, 0.1) is 24.7 Å². The maximum absolute atomic E-state index is 12.4. The van der Waals surface area contributed by atoms with Crippen LogP contribution in [0.4, 0.5) is 0 Å². The van der Waals surface area contributed by atoms with Crippen molar-refractivity contribution >= 4 is 11.9 Å². The van der Waals surface area contributed by atoms with Crippen LogP contribution in [0, 0.1) is 0 Å². The van der Waals surface area contributed by atoms with Crippen LogP contribution >= 0.6 is 0 Å². The Labute approximate surface area is 111 Å². The van der Waals surface area contributed by atoms with Crippen molar-refractivity contribution in [2.45, 2.75) is 30.9 Å². The number of morpholine rings is 1. The summed E-state index contributed by atoms with van der Waals surface area (Å²) in [6.07, 6.45) is 0.475. The van der Waals surface area contributed by atoms with E-state index in [-0.39, 0.29) is 12.3 Å². The predicted octanol–water partition coefficient (Wildman–Crippen LogP) is -0.804. The van der Waals surface area contributed by atoms with E-state index in [2.05, 4.69) is 0 Å². The van der Waals surface area contributed by atoms with Gasteiger partial charge < -0.3 is 25.2 Å². The highest BCUT2D eigenvalue weighted by Crippen LogP contribution is 2.22. The van der Waals surface area contributed by atoms with Gasteiger partial charge in [0, 0.05) is 26.3 Å². The maximum atomic E-state index is 12.4. The standard InChI is InChI=1S/C12H20N2O5/c13-12(1-4-18-5-2-12)11(17)14-3-6-19-9(8-14)7-10(15)16/h9H,1-8,13H2,(H,15,16). The third kappa shape index (κ3) is 3.43. The number of hydrogen-bond acceptors (Lipinski definition) is 5. The van der Waals surface area contributed by atoms with Gasteiger partial charge in [0.15, 0.2) is 0 Å². The van der Waals surface area contributed by atoms with Crippen molar-refractivity contribution < 1.29 is 24.2 Å². The maximum Gasteiger partial charge on any atom is 0.306 e. The third-order valence-electron chi connectivity index (χ3n) is 3.64. The lowest BCUT2D eigenvalue weighted by Crippen LogP contribution is -2.60. The number of ether oxygens (including phenoxy) is 2. The van der Waals surface area contributed by atoms with Crippen molar-refractivity contribution in [2.75, 3.05) is 32.9 Å². The number of nitrogens with two attached hydrogens (primary N) is 1. The first kappa shape index (κ1) is 14.2. The highest BCUT2D eigenvalue weighted by atomic mass is 16.5. The van der Waals surface area contributed by atoms with Crippen LogP contribution < -0.4 is 5.73 Å². The molecule has 0 bridgehead atoms. The summed E-state index contributed by atoms with van der Waals surface area (Å²) in [6.45, 7) is 2.10. The molecule has 0 aromatic rings. The molecule has 108 valence electrons. The molecule has 2 aliphatic heterocycles. The number of carboxylic acid groups (broad SMARTS) is 1. The first-order valence-electron chi connectivity index (χ1n) is 6.51. The Hall–Kier alpha value is -1.18. The molecule has 2 aliphatic rings. The van der Waals surface area contributed by atoms with Gasteiger partial charge >= 0.3 is 5.97 Å². The largest absolute Gasteiger partial charge is 0.481 e. The van der Waals surface area contributed by atoms with Crippen LogP contribution in [0.3, 0.4) is 0 Å². The van der Waals surface area contributed by atoms with E-state index in [9.17, 15) is 9.59 Å². The molecule has 2 fully saturated rings. The van der Waals surface area contributed by atoms with Crippen molar-refractivity contribution in [2.24, 2.45) is 5.73 Å². The molecule has 2 heterocycles. The minimum absolute atomic E-state index is 0.0928. The van der Waals surface area contributed by atoms with E-state index in [0.29, 0.717) is 45.8 Å². The first-order chi connectivity index (χ1) is 9.01. The summed E-state index contributed by atoms with van der Waals surface area (Å²) in [7, 11) is 0. The van der Waals surface area contributed by atoms with Gasteiger partial charge in [-0.15, -0.1) is 0 Å². The van der Waals surface area contributed by atoms with E-state index >= 15 is 0 Å². The van der Waals surface area contributed by atoms with Crippen molar-refractivity contribution in [1.29, 1.82) is 0 Å². The molecule has 19 heavy (non-hydrogen) atoms. The molecule has 3 N–H and O–H groups in total. The lowest BCUT2D eigenvalue weighted by molar-refractivity contribution is -0.152. The van der Waals surface area contributed by atoms with Gasteiger partial charge in [-0.25, -0.2) is 0 Å². The minimum Gasteiger partial charge on any atom is -0.481 e. The van der Waals surface area contributed by atoms with Crippen LogP contribution in [0.1, 0.15) is 19.3 Å². The Morgan fingerprint density at radius 1 is 1.32 bits per heavy atom. The van der Waals surface area contributed by atoms with Gasteiger partial charge in [-0.1, -0.05) is 0 Å². The van der Waals surface area contributed by atoms with Gasteiger partial charge in [-0.2, -0.15) is 0 Å². The Morgan fingerprint density at radius 3 is 2.63 bits per heavy atom. The summed E-state index contributed by atoms with van der Waals surface area (Å²) in [5, 5.41) is 8.77. The van der Waals surface area contributed by atoms with E-state index in [1.54, 1.807) is 4.90 Å². The zero-order chi connectivity index (χ0) is 13.9. The summed E-state index contributed by atoms with van der Waals surface area (Å²) in [6, 6.07) is 0. The smallest absolute Gasteiger partial charge is 0.306 e. The molecule has 1 amide bonds. The van der Waals surface area contributed by atoms with E-state index in [0.717, 1.165) is 0 Å². The lowest BCUT2D eigenvalue weighted by atomic mass is 9.89. The van der Waals surface area contributed by atoms with Crippen molar-refractivity contribution in [3.05, 3.63) is 0 Å². The molecule has 2 saturated heterocycles. The van der Waals surface area contributed by atoms with Crippen LogP contribution in [0.5, 0.6) is 0 Å². The monoisotopic (exact) mass is 272 g/mol. The van der Waals surface area contributed by atoms with Crippen molar-refractivity contribution in [3.63, 3.8) is 0 Å². The zero-order valence-electron chi connectivity index (χ0n) is 10.8. The van der Waals surface area contributed by atoms with Gasteiger partial charge in [-0.05, 0) is 12.8 Å². The van der Waals surface area contributed by atoms with Crippen LogP contribution in [0.15, 0.2) is 0 Å². The molecule has 0 radical (unpaired) electrons. The Morgan fingerprint density at radius 2 is 2.00 bits per heavy atom. The predicted molar refractivity (Wildman–Crippen MR) is 65.5 cm³/mol. The highest BCUT2D eigenvalue weighted by Gasteiger charge is 2.40. The van der Waals surface area contributed by atoms with E-state index in [1.165, 1.54) is 0 Å². The van der Waals surface area contributed by atoms with Crippen molar-refractivity contribution in [3.8, 4) is 0 Å². The Bertz CT molecular complexity index is 354. The molecule has 0 saturated carbocycles. The second kappa shape index (κ2) is 5.85. The fourth-order valence-electron chi connectivity index (χ4n) is 2.49. The number of carbonyl (C=O) groups excluding carboxylic acids is 1. The average Bonchev–Trinajstić information content (AvgIpc) is 2.38. The fourth-order valence-corrected chi connectivity index (χ4v) is 2.49. The number of nitrogens with zero attached hydrogens (tertiary/aromatic N) is 1. The molecule has 0 aromatic carbocycles. The normalized spacial score (nSPS) is 27.0. The van der Waals surface area contributed by atoms with Crippen LogP contribution in [-0.4, -0.2) is 66.4 Å². The molecule has 0 aromatic heterocycles. The molecule has 7 heteroatoms. The molecule has 0 spiro atoms. The molecular formula is C12H20N2O5. The van der Waals surface area contributed by atoms with Gasteiger partial charge in [-0.3, -0.25) is 9.59 Å². The number of carboxylic acids is 1. The number of hydrogen-bond donors (Lipinski definition) is 2. The van der Waals surface area contributed by atoms with Crippen molar-refractivity contribution in [1.82, 2.24) is 4.90 Å². The van der Waals surface area contributed by atoms with Crippen LogP contribution in [0.2, 0.25) is 0 Å². The van der Waals surface area contributed by atoms with Gasteiger partial charge in [0.2, 0.25) is 5.91 Å². The second-order valence-corrected chi connectivity index (χ2v) is 5.11. The summed E-state index contributed by atoms with van der Waals surface area (Å²) >= 11 is 0. The number of amides is 1. The summed E-state index contributed by atoms with van der Waals surface area (Å²) in [5.74, 6) is -1.04. The molecule has 0 aliphatic carbocycles. The fraction of sp³-hybridized carbons (Fsp3) is 0.833. The van der Waals surface area contributed by atoms with E-state index in [4.69, 9.17) is 20.3 Å². The van der Waals surface area contributed by atoms with Gasteiger partial charge in [0.1, 0.15) is 0 Å². The summed E-state index contributed by atoms with van der Waals surface area (Å²) in [4.78, 5) is 24.8. The Kier molecular flexibility index (Phi) is 4.38. The first-order valence-corrected chi connectivity index (χ1v) is 6.51. The topological polar surface area (TPSA) is 102 Å². The molecule has 1 unspecified atom stereocenters. The number of aliphatic carboxylic acids is 1. The minimum atomic E-state index is -0.923. The number of carbonyl (C=O) groups is 2. The van der Waals surface area contributed by atoms with Crippen LogP contribution in [0.25, 0.3) is 0 Å². The summed E-state index contributed by atoms with van der Waals surface area (Å²) in [5.41, 5.74) is 5.28. The quantitative estimate of drug-likeness (QED) is 0.697. The molecule has 1 atom stereocenters. The lowest BCUT2D eigenvalue weighted by Gasteiger charge is -2.40. The Balaban J connectivity index is 1.96. The number of rotatable bonds is 3. The zero-order valence-corrected chi connectivity index (χ0v) is 10.8. The SMILES string of the molecule is NC1(C(=O)N2CCOC(CC(=O)O)C2)CCOCC1. The molecule has 2 rings (SSSR count). The third-order valence-corrected chi connectivity index (χ3v) is 3.64. The average molecular weight is 272 g/mol. The van der Waals surface area contributed by atoms with Gasteiger partial charge in [0.25, 0.3) is 0 Å². The van der Waals surface area contributed by atoms with E-state index < -0.39 is 17.6 Å². The summed E-state index contributed by atoms with van der Waals surface area (Å²) < 4.78 is 10.6. The van der Waals surface area contributed by atoms with E-state index in [1.807, 2.05) is 0 Å². The van der Waals surface area contributed by atoms with Crippen LogP contribution in [-0.2, 0) is 19.1 Å². The molecule has 7 nitrogen and oxygen atoms in total.